The third-order valence-electron chi connectivity index (χ3n) is 4.33. The van der Waals surface area contributed by atoms with Gasteiger partial charge in [-0.25, -0.2) is 4.79 Å². The molecule has 0 spiro atoms. The quantitative estimate of drug-likeness (QED) is 0.575. The van der Waals surface area contributed by atoms with E-state index in [0.717, 1.165) is 38.2 Å². The molecule has 1 heterocycles. The van der Waals surface area contributed by atoms with Gasteiger partial charge in [0.2, 0.25) is 0 Å². The van der Waals surface area contributed by atoms with Crippen LogP contribution in [0.15, 0.2) is 12.2 Å². The molecule has 0 saturated carbocycles. The van der Waals surface area contributed by atoms with Gasteiger partial charge in [0.1, 0.15) is 6.10 Å². The molecule has 5 atom stereocenters. The van der Waals surface area contributed by atoms with Crippen LogP contribution in [0.4, 0.5) is 0 Å². The molecule has 1 aliphatic rings. The van der Waals surface area contributed by atoms with Gasteiger partial charge in [-0.3, -0.25) is 0 Å². The minimum absolute atomic E-state index is 0.0858. The lowest BCUT2D eigenvalue weighted by Crippen LogP contribution is -2.29. The van der Waals surface area contributed by atoms with E-state index in [0.29, 0.717) is 19.3 Å². The second-order valence-electron chi connectivity index (χ2n) is 6.78. The Morgan fingerprint density at radius 2 is 1.92 bits per heavy atom. The van der Waals surface area contributed by atoms with Crippen molar-refractivity contribution in [1.82, 2.24) is 0 Å². The van der Waals surface area contributed by atoms with E-state index in [2.05, 4.69) is 0 Å². The summed E-state index contributed by atoms with van der Waals surface area (Å²) in [5, 5.41) is 38.8. The van der Waals surface area contributed by atoms with Crippen molar-refractivity contribution in [1.29, 1.82) is 0 Å². The molecule has 6 nitrogen and oxygen atoms in total. The first-order valence-electron chi connectivity index (χ1n) is 8.99. The number of hydrogen-bond donors (Lipinski definition) is 4. The van der Waals surface area contributed by atoms with Crippen LogP contribution in [-0.2, 0) is 9.53 Å². The highest BCUT2D eigenvalue weighted by atomic mass is 16.5. The summed E-state index contributed by atoms with van der Waals surface area (Å²) in [5.41, 5.74) is 0. The van der Waals surface area contributed by atoms with Crippen molar-refractivity contribution < 1.29 is 30.0 Å². The van der Waals surface area contributed by atoms with Gasteiger partial charge in [-0.15, -0.1) is 0 Å². The van der Waals surface area contributed by atoms with E-state index in [9.17, 15) is 25.2 Å². The fourth-order valence-corrected chi connectivity index (χ4v) is 2.88. The zero-order chi connectivity index (χ0) is 17.9. The van der Waals surface area contributed by atoms with Crippen LogP contribution in [0.25, 0.3) is 0 Å². The van der Waals surface area contributed by atoms with E-state index < -0.39 is 24.3 Å². The summed E-state index contributed by atoms with van der Waals surface area (Å²) in [4.78, 5) is 11.9. The lowest BCUT2D eigenvalue weighted by Gasteiger charge is -2.20. The number of aliphatic hydroxyl groups is 4. The molecular formula is C18H32O6. The first-order chi connectivity index (χ1) is 11.4. The van der Waals surface area contributed by atoms with E-state index in [1.54, 1.807) is 6.92 Å². The van der Waals surface area contributed by atoms with Crippen molar-refractivity contribution in [2.75, 3.05) is 0 Å². The third-order valence-corrected chi connectivity index (χ3v) is 4.33. The first kappa shape index (κ1) is 21.1. The molecule has 0 aliphatic carbocycles. The number of esters is 1. The second kappa shape index (κ2) is 11.6. The predicted molar refractivity (Wildman–Crippen MR) is 90.3 cm³/mol. The van der Waals surface area contributed by atoms with Gasteiger partial charge < -0.3 is 25.2 Å². The normalized spacial score (nSPS) is 32.0. The van der Waals surface area contributed by atoms with Gasteiger partial charge in [-0.05, 0) is 51.5 Å². The molecule has 0 saturated heterocycles. The number of carbonyl (C=O) groups is 1. The number of hydrogen-bond acceptors (Lipinski definition) is 6. The Morgan fingerprint density at radius 3 is 2.62 bits per heavy atom. The number of rotatable bonds is 4. The molecule has 0 radical (unpaired) electrons. The fourth-order valence-electron chi connectivity index (χ4n) is 2.88. The van der Waals surface area contributed by atoms with Gasteiger partial charge in [0.25, 0.3) is 0 Å². The Labute approximate surface area is 144 Å². The lowest BCUT2D eigenvalue weighted by atomic mass is 9.99. The van der Waals surface area contributed by atoms with E-state index in [1.165, 1.54) is 6.08 Å². The Morgan fingerprint density at radius 1 is 1.21 bits per heavy atom. The average molecular weight is 344 g/mol. The largest absolute Gasteiger partial charge is 0.459 e. The van der Waals surface area contributed by atoms with Gasteiger partial charge in [-0.1, -0.05) is 12.8 Å². The van der Waals surface area contributed by atoms with Crippen LogP contribution >= 0.6 is 0 Å². The zero-order valence-electron chi connectivity index (χ0n) is 14.5. The highest BCUT2D eigenvalue weighted by Crippen LogP contribution is 2.18. The van der Waals surface area contributed by atoms with E-state index >= 15 is 0 Å². The maximum atomic E-state index is 11.9. The molecule has 0 amide bonds. The van der Waals surface area contributed by atoms with Crippen molar-refractivity contribution in [2.45, 2.75) is 95.2 Å². The smallest absolute Gasteiger partial charge is 0.330 e. The van der Waals surface area contributed by atoms with E-state index in [-0.39, 0.29) is 18.6 Å². The van der Waals surface area contributed by atoms with Crippen LogP contribution in [0.1, 0.15) is 64.7 Å². The maximum Gasteiger partial charge on any atom is 0.330 e. The molecule has 0 aromatic rings. The molecule has 0 fully saturated rings. The van der Waals surface area contributed by atoms with Crippen LogP contribution in [-0.4, -0.2) is 56.9 Å². The Hall–Kier alpha value is -0.950. The Balaban J connectivity index is 2.63. The van der Waals surface area contributed by atoms with Gasteiger partial charge in [0.05, 0.1) is 24.4 Å². The number of carbonyl (C=O) groups excluding carboxylic acids is 1. The SMILES string of the molecule is CC(O)CCCC1CCCCCC(O)CC(O)C(O)C=CC(=O)O1. The minimum Gasteiger partial charge on any atom is -0.459 e. The molecule has 1 rings (SSSR count). The Bertz CT molecular complexity index is 382. The maximum absolute atomic E-state index is 11.9. The van der Waals surface area contributed by atoms with Crippen LogP contribution < -0.4 is 0 Å². The van der Waals surface area contributed by atoms with Crippen LogP contribution in [0, 0.1) is 0 Å². The average Bonchev–Trinajstić information content (AvgIpc) is 2.50. The van der Waals surface area contributed by atoms with Crippen LogP contribution in [0.5, 0.6) is 0 Å². The number of cyclic esters (lactones) is 1. The molecule has 0 aromatic heterocycles. The van der Waals surface area contributed by atoms with E-state index in [4.69, 9.17) is 4.74 Å². The van der Waals surface area contributed by atoms with Gasteiger partial charge in [0, 0.05) is 12.5 Å². The first-order valence-corrected chi connectivity index (χ1v) is 8.99. The lowest BCUT2D eigenvalue weighted by molar-refractivity contribution is -0.143. The molecule has 4 N–H and O–H groups in total. The summed E-state index contributed by atoms with van der Waals surface area (Å²) in [6.07, 6.45) is 5.00. The molecule has 1 aliphatic heterocycles. The Kier molecular flexibility index (Phi) is 10.2. The van der Waals surface area contributed by atoms with Crippen molar-refractivity contribution in [2.24, 2.45) is 0 Å². The number of ether oxygens (including phenoxy) is 1. The summed E-state index contributed by atoms with van der Waals surface area (Å²) in [6, 6.07) is 0. The van der Waals surface area contributed by atoms with Crippen molar-refractivity contribution in [3.8, 4) is 0 Å². The molecule has 140 valence electrons. The molecular weight excluding hydrogens is 312 g/mol. The topological polar surface area (TPSA) is 107 Å². The van der Waals surface area contributed by atoms with Gasteiger partial charge >= 0.3 is 5.97 Å². The molecule has 5 unspecified atom stereocenters. The van der Waals surface area contributed by atoms with Gasteiger partial charge in [-0.2, -0.15) is 0 Å². The minimum atomic E-state index is -1.20. The molecule has 6 heteroatoms. The third kappa shape index (κ3) is 9.37. The second-order valence-corrected chi connectivity index (χ2v) is 6.78. The fraction of sp³-hybridized carbons (Fsp3) is 0.833. The predicted octanol–water partition coefficient (Wildman–Crippen LogP) is 1.44. The monoisotopic (exact) mass is 344 g/mol. The van der Waals surface area contributed by atoms with Crippen molar-refractivity contribution in [3.05, 3.63) is 12.2 Å². The zero-order valence-corrected chi connectivity index (χ0v) is 14.5. The number of aliphatic hydroxyl groups excluding tert-OH is 4. The van der Waals surface area contributed by atoms with Crippen LogP contribution in [0.3, 0.4) is 0 Å². The summed E-state index contributed by atoms with van der Waals surface area (Å²) < 4.78 is 5.43. The summed E-state index contributed by atoms with van der Waals surface area (Å²) >= 11 is 0. The van der Waals surface area contributed by atoms with Crippen LogP contribution in [0.2, 0.25) is 0 Å². The molecule has 24 heavy (non-hydrogen) atoms. The highest BCUT2D eigenvalue weighted by Gasteiger charge is 2.20. The molecule has 0 bridgehead atoms. The van der Waals surface area contributed by atoms with E-state index in [1.807, 2.05) is 0 Å². The summed E-state index contributed by atoms with van der Waals surface area (Å²) in [6.45, 7) is 1.74. The summed E-state index contributed by atoms with van der Waals surface area (Å²) in [5.74, 6) is -0.541. The highest BCUT2D eigenvalue weighted by molar-refractivity contribution is 5.82. The molecule has 0 aromatic carbocycles. The standard InChI is InChI=1S/C18H32O6/c1-13(19)6-5-9-15-8-4-2-3-7-14(20)12-17(22)16(21)10-11-18(23)24-15/h10-11,13-17,19-22H,2-9,12H2,1H3. The van der Waals surface area contributed by atoms with Crippen molar-refractivity contribution in [3.63, 3.8) is 0 Å². The van der Waals surface area contributed by atoms with Gasteiger partial charge in [0.15, 0.2) is 0 Å². The van der Waals surface area contributed by atoms with Crippen molar-refractivity contribution >= 4 is 5.97 Å². The summed E-state index contributed by atoms with van der Waals surface area (Å²) in [7, 11) is 0.